The number of ether oxygens (including phenoxy) is 1. The Morgan fingerprint density at radius 3 is 2.55 bits per heavy atom. The van der Waals surface area contributed by atoms with Gasteiger partial charge in [-0.2, -0.15) is 9.49 Å². The highest BCUT2D eigenvalue weighted by atomic mass is 79.9. The maximum absolute atomic E-state index is 14.0. The molecule has 1 N–H and O–H groups in total. The minimum Gasteiger partial charge on any atom is -0.492 e. The van der Waals surface area contributed by atoms with Crippen LogP contribution in [0.1, 0.15) is 10.5 Å². The quantitative estimate of drug-likeness (QED) is 0.868. The third-order valence-electron chi connectivity index (χ3n) is 2.70. The van der Waals surface area contributed by atoms with Crippen molar-refractivity contribution >= 4 is 21.9 Å². The van der Waals surface area contributed by atoms with Crippen LogP contribution in [0.2, 0.25) is 0 Å². The van der Waals surface area contributed by atoms with E-state index in [0.717, 1.165) is 0 Å². The molecule has 0 fully saturated rings. The van der Waals surface area contributed by atoms with Crippen molar-refractivity contribution < 1.29 is 23.4 Å². The summed E-state index contributed by atoms with van der Waals surface area (Å²) in [7, 11) is 2.66. The minimum absolute atomic E-state index is 0.113. The molecule has 2 rings (SSSR count). The lowest BCUT2D eigenvalue weighted by Crippen LogP contribution is -2.01. The molecule has 0 aliphatic rings. The molecule has 0 bridgehead atoms. The number of hydrogen-bond acceptors (Lipinski definition) is 3. The van der Waals surface area contributed by atoms with E-state index >= 15 is 0 Å². The normalized spacial score (nSPS) is 10.7. The molecule has 1 aromatic carbocycles. The number of carbonyl (C=O) groups is 1. The van der Waals surface area contributed by atoms with Crippen LogP contribution in [0.4, 0.5) is 8.78 Å². The Labute approximate surface area is 120 Å². The van der Waals surface area contributed by atoms with Gasteiger partial charge in [-0.05, 0) is 28.1 Å². The Balaban J connectivity index is 2.67. The van der Waals surface area contributed by atoms with Gasteiger partial charge < -0.3 is 9.84 Å². The number of aromatic carboxylic acids is 1. The topological polar surface area (TPSA) is 64.3 Å². The number of rotatable bonds is 3. The van der Waals surface area contributed by atoms with Crippen molar-refractivity contribution in [1.29, 1.82) is 0 Å². The van der Waals surface area contributed by atoms with E-state index in [1.165, 1.54) is 31.0 Å². The Morgan fingerprint density at radius 1 is 1.40 bits per heavy atom. The van der Waals surface area contributed by atoms with E-state index in [9.17, 15) is 13.6 Å². The first kappa shape index (κ1) is 14.4. The second-order valence-electron chi connectivity index (χ2n) is 3.91. The van der Waals surface area contributed by atoms with Gasteiger partial charge in [0.25, 0.3) is 0 Å². The standard InChI is InChI=1S/C12H9BrF2N2O3/c1-17-8(4-7(16-17)12(18)19)5-3-6(13)11(20-2)10(15)9(5)14/h3-4H,1-2H3,(H,18,19). The van der Waals surface area contributed by atoms with Crippen LogP contribution in [-0.2, 0) is 7.05 Å². The average molecular weight is 347 g/mol. The van der Waals surface area contributed by atoms with Crippen molar-refractivity contribution in [3.8, 4) is 17.0 Å². The molecule has 0 aliphatic heterocycles. The number of methoxy groups -OCH3 is 1. The molecule has 0 radical (unpaired) electrons. The second kappa shape index (κ2) is 5.20. The molecule has 1 aromatic heterocycles. The molecule has 8 heteroatoms. The number of aromatic nitrogens is 2. The van der Waals surface area contributed by atoms with Gasteiger partial charge in [0.2, 0.25) is 5.82 Å². The van der Waals surface area contributed by atoms with Crippen LogP contribution in [0.5, 0.6) is 5.75 Å². The average Bonchev–Trinajstić information content (AvgIpc) is 2.77. The van der Waals surface area contributed by atoms with Gasteiger partial charge in [0.1, 0.15) is 0 Å². The van der Waals surface area contributed by atoms with Crippen molar-refractivity contribution in [2.24, 2.45) is 7.05 Å². The molecule has 0 spiro atoms. The van der Waals surface area contributed by atoms with Crippen molar-refractivity contribution in [1.82, 2.24) is 9.78 Å². The maximum Gasteiger partial charge on any atom is 0.356 e. The monoisotopic (exact) mass is 346 g/mol. The molecule has 20 heavy (non-hydrogen) atoms. The Morgan fingerprint density at radius 2 is 2.05 bits per heavy atom. The number of benzene rings is 1. The Hall–Kier alpha value is -1.96. The highest BCUT2D eigenvalue weighted by molar-refractivity contribution is 9.10. The highest BCUT2D eigenvalue weighted by Crippen LogP contribution is 2.36. The summed E-state index contributed by atoms with van der Waals surface area (Å²) in [4.78, 5) is 10.8. The van der Waals surface area contributed by atoms with Gasteiger partial charge >= 0.3 is 5.97 Å². The largest absolute Gasteiger partial charge is 0.492 e. The highest BCUT2D eigenvalue weighted by Gasteiger charge is 2.22. The van der Waals surface area contributed by atoms with Gasteiger partial charge in [0.05, 0.1) is 17.3 Å². The van der Waals surface area contributed by atoms with Gasteiger partial charge in [-0.25, -0.2) is 9.18 Å². The van der Waals surface area contributed by atoms with Crippen LogP contribution >= 0.6 is 15.9 Å². The van der Waals surface area contributed by atoms with Crippen LogP contribution in [0.3, 0.4) is 0 Å². The smallest absolute Gasteiger partial charge is 0.356 e. The van der Waals surface area contributed by atoms with Crippen LogP contribution in [0.25, 0.3) is 11.3 Å². The van der Waals surface area contributed by atoms with E-state index in [4.69, 9.17) is 9.84 Å². The van der Waals surface area contributed by atoms with Gasteiger partial charge in [0.15, 0.2) is 17.3 Å². The number of hydrogen-bond donors (Lipinski definition) is 1. The van der Waals surface area contributed by atoms with E-state index in [1.807, 2.05) is 0 Å². The van der Waals surface area contributed by atoms with Crippen molar-refractivity contribution in [3.63, 3.8) is 0 Å². The predicted octanol–water partition coefficient (Wildman–Crippen LogP) is 2.83. The Kier molecular flexibility index (Phi) is 3.76. The number of nitrogens with zero attached hydrogens (tertiary/aromatic N) is 2. The van der Waals surface area contributed by atoms with E-state index in [1.54, 1.807) is 0 Å². The molecule has 0 saturated carbocycles. The summed E-state index contributed by atoms with van der Waals surface area (Å²) in [5.74, 6) is -3.80. The minimum atomic E-state index is -1.25. The third kappa shape index (κ3) is 2.26. The molecule has 2 aromatic rings. The van der Waals surface area contributed by atoms with E-state index < -0.39 is 17.6 Å². The van der Waals surface area contributed by atoms with Gasteiger partial charge in [-0.15, -0.1) is 0 Å². The van der Waals surface area contributed by atoms with Crippen LogP contribution in [-0.4, -0.2) is 28.0 Å². The first-order valence-corrected chi connectivity index (χ1v) is 6.15. The van der Waals surface area contributed by atoms with Crippen LogP contribution in [0.15, 0.2) is 16.6 Å². The summed E-state index contributed by atoms with van der Waals surface area (Å²) in [6.07, 6.45) is 0. The summed E-state index contributed by atoms with van der Waals surface area (Å²) in [6, 6.07) is 2.47. The molecule has 0 unspecified atom stereocenters. The lowest BCUT2D eigenvalue weighted by Gasteiger charge is -2.10. The molecule has 106 valence electrons. The van der Waals surface area contributed by atoms with Gasteiger partial charge in [-0.3, -0.25) is 4.68 Å². The summed E-state index contributed by atoms with van der Waals surface area (Å²) in [5.41, 5.74) is -0.228. The molecule has 0 aliphatic carbocycles. The molecule has 1 heterocycles. The summed E-state index contributed by atoms with van der Waals surface area (Å²) < 4.78 is 34.0. The van der Waals surface area contributed by atoms with Crippen molar-refractivity contribution in [3.05, 3.63) is 33.9 Å². The number of carboxylic acid groups (broad SMARTS) is 1. The zero-order chi connectivity index (χ0) is 15.0. The van der Waals surface area contributed by atoms with Gasteiger partial charge in [0, 0.05) is 12.6 Å². The summed E-state index contributed by atoms with van der Waals surface area (Å²) in [5, 5.41) is 12.6. The van der Waals surface area contributed by atoms with E-state index in [0.29, 0.717) is 0 Å². The number of halogens is 3. The Bertz CT molecular complexity index is 700. The van der Waals surface area contributed by atoms with Crippen molar-refractivity contribution in [2.75, 3.05) is 7.11 Å². The first-order chi connectivity index (χ1) is 9.36. The molecular weight excluding hydrogens is 338 g/mol. The summed E-state index contributed by atoms with van der Waals surface area (Å²) in [6.45, 7) is 0. The molecule has 5 nitrogen and oxygen atoms in total. The first-order valence-electron chi connectivity index (χ1n) is 5.36. The molecular formula is C12H9BrF2N2O3. The lowest BCUT2D eigenvalue weighted by molar-refractivity contribution is 0.0689. The van der Waals surface area contributed by atoms with E-state index in [2.05, 4.69) is 21.0 Å². The molecule has 0 saturated heterocycles. The van der Waals surface area contributed by atoms with Gasteiger partial charge in [-0.1, -0.05) is 0 Å². The fourth-order valence-corrected chi connectivity index (χ4v) is 2.34. The van der Waals surface area contributed by atoms with Crippen LogP contribution in [0, 0.1) is 11.6 Å². The third-order valence-corrected chi connectivity index (χ3v) is 3.28. The maximum atomic E-state index is 14.0. The zero-order valence-electron chi connectivity index (χ0n) is 10.4. The summed E-state index contributed by atoms with van der Waals surface area (Å²) >= 11 is 3.07. The van der Waals surface area contributed by atoms with Crippen molar-refractivity contribution in [2.45, 2.75) is 0 Å². The second-order valence-corrected chi connectivity index (χ2v) is 4.77. The fraction of sp³-hybridized carbons (Fsp3) is 0.167. The number of carboxylic acids is 1. The van der Waals surface area contributed by atoms with Crippen LogP contribution < -0.4 is 4.74 Å². The fourth-order valence-electron chi connectivity index (χ4n) is 1.78. The SMILES string of the molecule is COc1c(Br)cc(-c2cc(C(=O)O)nn2C)c(F)c1F. The lowest BCUT2D eigenvalue weighted by atomic mass is 10.1. The molecule has 0 amide bonds. The molecule has 0 atom stereocenters. The zero-order valence-corrected chi connectivity index (χ0v) is 12.0. The number of aryl methyl sites for hydroxylation is 1. The van der Waals surface area contributed by atoms with E-state index in [-0.39, 0.29) is 27.2 Å². The predicted molar refractivity (Wildman–Crippen MR) is 69.8 cm³/mol.